The first-order chi connectivity index (χ1) is 15.2. The van der Waals surface area contributed by atoms with Crippen LogP contribution in [0.25, 0.3) is 39.1 Å². The van der Waals surface area contributed by atoms with Gasteiger partial charge >= 0.3 is 0 Å². The number of imidazole rings is 1. The van der Waals surface area contributed by atoms with E-state index in [9.17, 15) is 5.11 Å². The lowest BCUT2D eigenvalue weighted by Gasteiger charge is -2.09. The molecule has 1 aliphatic heterocycles. The van der Waals surface area contributed by atoms with Crippen LogP contribution in [-0.4, -0.2) is 51.6 Å². The predicted molar refractivity (Wildman–Crippen MR) is 122 cm³/mol. The number of aromatic amines is 2. The number of hydrogen-bond donors (Lipinski definition) is 4. The second-order valence-electron chi connectivity index (χ2n) is 7.81. The Bertz CT molecular complexity index is 1270. The number of H-pyrrole nitrogens is 2. The first-order valence-corrected chi connectivity index (χ1v) is 10.5. The number of aryl methyl sites for hydroxylation is 1. The van der Waals surface area contributed by atoms with Crippen LogP contribution in [0.3, 0.4) is 0 Å². The summed E-state index contributed by atoms with van der Waals surface area (Å²) in [5, 5.41) is 21.9. The molecule has 1 atom stereocenters. The summed E-state index contributed by atoms with van der Waals surface area (Å²) >= 11 is 0. The Morgan fingerprint density at radius 2 is 2.10 bits per heavy atom. The maximum atomic E-state index is 9.80. The van der Waals surface area contributed by atoms with Crippen molar-refractivity contribution in [2.75, 3.05) is 20.3 Å². The first kappa shape index (κ1) is 19.5. The lowest BCUT2D eigenvalue weighted by molar-refractivity contribution is 0.184. The molecular formula is C24H25N5O2. The topological polar surface area (TPSA) is 98.9 Å². The fraction of sp³-hybridized carbons (Fsp3) is 0.250. The smallest absolute Gasteiger partial charge is 0.159 e. The van der Waals surface area contributed by atoms with Crippen LogP contribution < -0.4 is 5.32 Å². The van der Waals surface area contributed by atoms with Crippen LogP contribution in [0.2, 0.25) is 0 Å². The number of aromatic nitrogens is 4. The molecule has 0 saturated carbocycles. The molecule has 2 aromatic carbocycles. The number of nitrogens with zero attached hydrogens (tertiary/aromatic N) is 2. The minimum atomic E-state index is 0.226. The summed E-state index contributed by atoms with van der Waals surface area (Å²) in [5.41, 5.74) is 7.24. The Morgan fingerprint density at radius 3 is 2.94 bits per heavy atom. The quantitative estimate of drug-likeness (QED) is 0.383. The SMILES string of the molecule is CCc1cc(O)ccc1-c1ccc2c(-c3ncc(C4=C[C@@H](COC)NC4)[nH]3)n[nH]c2c1. The summed E-state index contributed by atoms with van der Waals surface area (Å²) in [6.45, 7) is 3.52. The van der Waals surface area contributed by atoms with Crippen LogP contribution in [0.1, 0.15) is 18.2 Å². The fourth-order valence-electron chi connectivity index (χ4n) is 4.20. The van der Waals surface area contributed by atoms with Crippen LogP contribution in [0.5, 0.6) is 5.75 Å². The van der Waals surface area contributed by atoms with Crippen molar-refractivity contribution in [3.8, 4) is 28.4 Å². The number of aromatic hydroxyl groups is 1. The minimum absolute atomic E-state index is 0.226. The maximum Gasteiger partial charge on any atom is 0.159 e. The van der Waals surface area contributed by atoms with E-state index in [4.69, 9.17) is 4.74 Å². The fourth-order valence-corrected chi connectivity index (χ4v) is 4.20. The van der Waals surface area contributed by atoms with Gasteiger partial charge in [-0.2, -0.15) is 5.10 Å². The van der Waals surface area contributed by atoms with Gasteiger partial charge in [0.2, 0.25) is 0 Å². The van der Waals surface area contributed by atoms with Gasteiger partial charge in [0, 0.05) is 25.1 Å². The average Bonchev–Trinajstić information content (AvgIpc) is 3.52. The van der Waals surface area contributed by atoms with E-state index in [-0.39, 0.29) is 6.04 Å². The number of benzene rings is 2. The number of rotatable bonds is 6. The Balaban J connectivity index is 1.47. The van der Waals surface area contributed by atoms with Gasteiger partial charge in [-0.3, -0.25) is 5.10 Å². The zero-order valence-electron chi connectivity index (χ0n) is 17.6. The van der Waals surface area contributed by atoms with Crippen LogP contribution >= 0.6 is 0 Å². The molecule has 1 aliphatic rings. The lowest BCUT2D eigenvalue weighted by Crippen LogP contribution is -2.26. The van der Waals surface area contributed by atoms with E-state index in [1.165, 1.54) is 5.57 Å². The second-order valence-corrected chi connectivity index (χ2v) is 7.81. The highest BCUT2D eigenvalue weighted by atomic mass is 16.5. The number of nitrogens with one attached hydrogen (secondary N) is 3. The van der Waals surface area contributed by atoms with Gasteiger partial charge in [0.1, 0.15) is 11.4 Å². The highest BCUT2D eigenvalue weighted by Gasteiger charge is 2.19. The molecule has 7 nitrogen and oxygen atoms in total. The highest BCUT2D eigenvalue weighted by molar-refractivity contribution is 5.94. The van der Waals surface area contributed by atoms with E-state index in [0.29, 0.717) is 12.4 Å². The molecule has 3 heterocycles. The molecule has 0 spiro atoms. The van der Waals surface area contributed by atoms with E-state index >= 15 is 0 Å². The van der Waals surface area contributed by atoms with E-state index in [2.05, 4.69) is 56.7 Å². The van der Waals surface area contributed by atoms with Crippen molar-refractivity contribution in [3.05, 3.63) is 59.9 Å². The molecular weight excluding hydrogens is 390 g/mol. The van der Waals surface area contributed by atoms with Crippen molar-refractivity contribution in [1.82, 2.24) is 25.5 Å². The Morgan fingerprint density at radius 1 is 1.19 bits per heavy atom. The van der Waals surface area contributed by atoms with Crippen molar-refractivity contribution in [3.63, 3.8) is 0 Å². The van der Waals surface area contributed by atoms with Gasteiger partial charge in [-0.25, -0.2) is 4.98 Å². The summed E-state index contributed by atoms with van der Waals surface area (Å²) in [5.74, 6) is 1.03. The van der Waals surface area contributed by atoms with Gasteiger partial charge < -0.3 is 20.1 Å². The second kappa shape index (κ2) is 8.02. The molecule has 0 bridgehead atoms. The molecule has 0 radical (unpaired) electrons. The van der Waals surface area contributed by atoms with Crippen LogP contribution in [0, 0.1) is 0 Å². The Hall–Kier alpha value is -3.42. The van der Waals surface area contributed by atoms with Crippen molar-refractivity contribution >= 4 is 16.5 Å². The van der Waals surface area contributed by atoms with Crippen molar-refractivity contribution in [2.24, 2.45) is 0 Å². The van der Waals surface area contributed by atoms with Gasteiger partial charge in [-0.1, -0.05) is 25.1 Å². The molecule has 4 aromatic rings. The maximum absolute atomic E-state index is 9.80. The largest absolute Gasteiger partial charge is 0.508 e. The van der Waals surface area contributed by atoms with Gasteiger partial charge in [-0.15, -0.1) is 0 Å². The van der Waals surface area contributed by atoms with Gasteiger partial charge in [0.05, 0.1) is 24.0 Å². The van der Waals surface area contributed by atoms with E-state index in [1.807, 2.05) is 18.3 Å². The monoisotopic (exact) mass is 415 g/mol. The zero-order chi connectivity index (χ0) is 21.4. The molecule has 0 saturated heterocycles. The van der Waals surface area contributed by atoms with Crippen LogP contribution in [0.4, 0.5) is 0 Å². The third kappa shape index (κ3) is 3.62. The average molecular weight is 415 g/mol. The lowest BCUT2D eigenvalue weighted by atomic mass is 9.97. The molecule has 5 rings (SSSR count). The molecule has 0 aliphatic carbocycles. The van der Waals surface area contributed by atoms with E-state index in [0.717, 1.165) is 57.8 Å². The molecule has 0 amide bonds. The molecule has 158 valence electrons. The minimum Gasteiger partial charge on any atom is -0.508 e. The molecule has 31 heavy (non-hydrogen) atoms. The molecule has 0 fully saturated rings. The molecule has 7 heteroatoms. The number of ether oxygens (including phenoxy) is 1. The molecule has 4 N–H and O–H groups in total. The summed E-state index contributed by atoms with van der Waals surface area (Å²) in [6, 6.07) is 12.0. The number of methoxy groups -OCH3 is 1. The van der Waals surface area contributed by atoms with Crippen LogP contribution in [-0.2, 0) is 11.2 Å². The van der Waals surface area contributed by atoms with E-state index < -0.39 is 0 Å². The zero-order valence-corrected chi connectivity index (χ0v) is 17.6. The third-order valence-corrected chi connectivity index (χ3v) is 5.79. The predicted octanol–water partition coefficient (Wildman–Crippen LogP) is 3.89. The van der Waals surface area contributed by atoms with Gasteiger partial charge in [0.25, 0.3) is 0 Å². The van der Waals surface area contributed by atoms with Gasteiger partial charge in [-0.05, 0) is 52.9 Å². The first-order valence-electron chi connectivity index (χ1n) is 10.5. The van der Waals surface area contributed by atoms with E-state index in [1.54, 1.807) is 13.2 Å². The standard InChI is InChI=1S/C24H25N5O2/c1-3-14-9-18(30)5-7-19(14)15-4-6-20-21(10-15)28-29-23(20)24-26-12-22(27-24)16-8-17(13-31-2)25-11-16/h4-10,12,17,25,30H,3,11,13H2,1-2H3,(H,26,27)(H,28,29)/t17-/m0/s1. The Kier molecular flexibility index (Phi) is 5.05. The summed E-state index contributed by atoms with van der Waals surface area (Å²) in [7, 11) is 1.71. The van der Waals surface area contributed by atoms with Crippen molar-refractivity contribution < 1.29 is 9.84 Å². The Labute approximate surface area is 180 Å². The normalized spacial score (nSPS) is 16.2. The molecule has 0 unspecified atom stereocenters. The summed E-state index contributed by atoms with van der Waals surface area (Å²) < 4.78 is 5.22. The molecule has 2 aromatic heterocycles. The highest BCUT2D eigenvalue weighted by Crippen LogP contribution is 2.32. The summed E-state index contributed by atoms with van der Waals surface area (Å²) in [4.78, 5) is 7.99. The number of hydrogen-bond acceptors (Lipinski definition) is 5. The van der Waals surface area contributed by atoms with Crippen LogP contribution in [0.15, 0.2) is 48.7 Å². The number of fused-ring (bicyclic) bond motifs is 1. The number of phenols is 1. The van der Waals surface area contributed by atoms with Crippen molar-refractivity contribution in [1.29, 1.82) is 0 Å². The van der Waals surface area contributed by atoms with Crippen molar-refractivity contribution in [2.45, 2.75) is 19.4 Å². The third-order valence-electron chi connectivity index (χ3n) is 5.79. The van der Waals surface area contributed by atoms with Gasteiger partial charge in [0.15, 0.2) is 5.82 Å². The number of phenolic OH excluding ortho intramolecular Hbond substituents is 1. The summed E-state index contributed by atoms with van der Waals surface area (Å²) in [6.07, 6.45) is 4.89.